The van der Waals surface area contributed by atoms with Gasteiger partial charge in [-0.2, -0.15) is 0 Å². The maximum atomic E-state index is 13.8. The third-order valence-corrected chi connectivity index (χ3v) is 5.97. The summed E-state index contributed by atoms with van der Waals surface area (Å²) in [5.74, 6) is 2.11. The summed E-state index contributed by atoms with van der Waals surface area (Å²) in [7, 11) is 1.73. The number of rotatable bonds is 7. The van der Waals surface area contributed by atoms with E-state index in [-0.39, 0.29) is 53.9 Å². The van der Waals surface area contributed by atoms with Crippen LogP contribution in [0.3, 0.4) is 0 Å². The number of nitrogens with one attached hydrogen (secondary N) is 2. The first-order valence-corrected chi connectivity index (χ1v) is 10.9. The number of hydrogen-bond donors (Lipinski definition) is 2. The van der Waals surface area contributed by atoms with E-state index in [1.807, 2.05) is 13.0 Å². The molecule has 33 heavy (non-hydrogen) atoms. The second kappa shape index (κ2) is 11.7. The molecule has 2 heterocycles. The van der Waals surface area contributed by atoms with Crippen LogP contribution in [0.4, 0.5) is 4.39 Å². The number of nitrogens with zero attached hydrogens (tertiary/aromatic N) is 1. The van der Waals surface area contributed by atoms with Crippen molar-refractivity contribution < 1.29 is 23.3 Å². The highest BCUT2D eigenvalue weighted by Crippen LogP contribution is 2.40. The standard InChI is InChI=1S/C24H30FN3O4.HI/c1-17(32-20-6-4-3-5-19(20)25)14-27-23(26-2)28-15-24(9-11-29-12-10-24)18-7-8-21-22(13-18)31-16-30-21;/h3-8,13,17H,9-12,14-16H2,1-2H3,(H2,26,27,28);1H. The Morgan fingerprint density at radius 3 is 2.64 bits per heavy atom. The average molecular weight is 571 g/mol. The largest absolute Gasteiger partial charge is 0.486 e. The summed E-state index contributed by atoms with van der Waals surface area (Å²) in [6, 6.07) is 12.6. The van der Waals surface area contributed by atoms with Crippen molar-refractivity contribution >= 4 is 29.9 Å². The van der Waals surface area contributed by atoms with Gasteiger partial charge in [0.2, 0.25) is 6.79 Å². The van der Waals surface area contributed by atoms with Crippen molar-refractivity contribution in [1.82, 2.24) is 10.6 Å². The molecule has 0 saturated carbocycles. The summed E-state index contributed by atoms with van der Waals surface area (Å²) in [5.41, 5.74) is 1.09. The quantitative estimate of drug-likeness (QED) is 0.299. The Morgan fingerprint density at radius 2 is 1.88 bits per heavy atom. The highest BCUT2D eigenvalue weighted by molar-refractivity contribution is 14.0. The van der Waals surface area contributed by atoms with Crippen LogP contribution in [0, 0.1) is 5.82 Å². The number of fused-ring (bicyclic) bond motifs is 1. The van der Waals surface area contributed by atoms with E-state index in [0.29, 0.717) is 32.3 Å². The van der Waals surface area contributed by atoms with Gasteiger partial charge in [-0.05, 0) is 49.6 Å². The monoisotopic (exact) mass is 571 g/mol. The second-order valence-corrected chi connectivity index (χ2v) is 8.13. The SMILES string of the molecule is CN=C(NCC(C)Oc1ccccc1F)NCC1(c2ccc3c(c2)OCO3)CCOCC1.I. The first-order chi connectivity index (χ1) is 15.6. The van der Waals surface area contributed by atoms with Crippen LogP contribution < -0.4 is 24.8 Å². The fourth-order valence-electron chi connectivity index (χ4n) is 4.07. The lowest BCUT2D eigenvalue weighted by Crippen LogP contribution is -2.49. The Labute approximate surface area is 211 Å². The third-order valence-electron chi connectivity index (χ3n) is 5.97. The van der Waals surface area contributed by atoms with Gasteiger partial charge in [-0.3, -0.25) is 4.99 Å². The predicted octanol–water partition coefficient (Wildman–Crippen LogP) is 3.85. The minimum atomic E-state index is -0.368. The van der Waals surface area contributed by atoms with Crippen molar-refractivity contribution in [3.05, 3.63) is 53.8 Å². The summed E-state index contributed by atoms with van der Waals surface area (Å²) < 4.78 is 36.2. The average Bonchev–Trinajstić information content (AvgIpc) is 3.29. The Morgan fingerprint density at radius 1 is 1.12 bits per heavy atom. The van der Waals surface area contributed by atoms with E-state index in [9.17, 15) is 4.39 Å². The van der Waals surface area contributed by atoms with Gasteiger partial charge in [0, 0.05) is 32.2 Å². The summed E-state index contributed by atoms with van der Waals surface area (Å²) in [4.78, 5) is 4.34. The molecule has 0 radical (unpaired) electrons. The summed E-state index contributed by atoms with van der Waals surface area (Å²) in [6.07, 6.45) is 1.55. The van der Waals surface area contributed by atoms with Gasteiger partial charge in [0.05, 0.1) is 6.54 Å². The molecule has 180 valence electrons. The molecule has 0 bridgehead atoms. The molecule has 0 aliphatic carbocycles. The minimum Gasteiger partial charge on any atom is -0.486 e. The normalized spacial score (nSPS) is 17.6. The molecule has 7 nitrogen and oxygen atoms in total. The molecule has 1 fully saturated rings. The fourth-order valence-corrected chi connectivity index (χ4v) is 4.07. The van der Waals surface area contributed by atoms with Crippen molar-refractivity contribution in [2.45, 2.75) is 31.3 Å². The maximum absolute atomic E-state index is 13.8. The lowest BCUT2D eigenvalue weighted by atomic mass is 9.74. The molecule has 1 saturated heterocycles. The van der Waals surface area contributed by atoms with Crippen molar-refractivity contribution in [2.24, 2.45) is 4.99 Å². The summed E-state index contributed by atoms with van der Waals surface area (Å²) in [5, 5.41) is 6.73. The molecule has 2 N–H and O–H groups in total. The predicted molar refractivity (Wildman–Crippen MR) is 136 cm³/mol. The van der Waals surface area contributed by atoms with E-state index in [4.69, 9.17) is 18.9 Å². The van der Waals surface area contributed by atoms with Gasteiger partial charge in [-0.15, -0.1) is 24.0 Å². The van der Waals surface area contributed by atoms with Crippen LogP contribution in [0.15, 0.2) is 47.5 Å². The molecular weight excluding hydrogens is 540 g/mol. The van der Waals surface area contributed by atoms with Gasteiger partial charge >= 0.3 is 0 Å². The Kier molecular flexibility index (Phi) is 9.02. The minimum absolute atomic E-state index is 0. The number of ether oxygens (including phenoxy) is 4. The topological polar surface area (TPSA) is 73.3 Å². The summed E-state index contributed by atoms with van der Waals surface area (Å²) in [6.45, 7) is 4.73. The van der Waals surface area contributed by atoms with E-state index in [1.165, 1.54) is 11.6 Å². The number of para-hydroxylation sites is 1. The van der Waals surface area contributed by atoms with Gasteiger partial charge in [0.15, 0.2) is 29.0 Å². The lowest BCUT2D eigenvalue weighted by molar-refractivity contribution is 0.0513. The van der Waals surface area contributed by atoms with Crippen molar-refractivity contribution in [2.75, 3.05) is 40.1 Å². The van der Waals surface area contributed by atoms with E-state index in [1.54, 1.807) is 25.2 Å². The highest BCUT2D eigenvalue weighted by atomic mass is 127. The molecule has 2 aromatic carbocycles. The van der Waals surface area contributed by atoms with E-state index < -0.39 is 0 Å². The highest BCUT2D eigenvalue weighted by Gasteiger charge is 2.36. The van der Waals surface area contributed by atoms with Gasteiger partial charge in [0.25, 0.3) is 0 Å². The number of halogens is 2. The Hall–Kier alpha value is -2.27. The fraction of sp³-hybridized carbons (Fsp3) is 0.458. The molecule has 1 unspecified atom stereocenters. The Balaban J connectivity index is 0.00000306. The van der Waals surface area contributed by atoms with E-state index >= 15 is 0 Å². The van der Waals surface area contributed by atoms with Crippen molar-refractivity contribution in [3.63, 3.8) is 0 Å². The van der Waals surface area contributed by atoms with Crippen molar-refractivity contribution in [1.29, 1.82) is 0 Å². The van der Waals surface area contributed by atoms with Crippen LogP contribution in [-0.4, -0.2) is 52.2 Å². The number of benzene rings is 2. The molecule has 0 amide bonds. The number of aliphatic imine (C=N–C) groups is 1. The molecule has 4 rings (SSSR count). The van der Waals surface area contributed by atoms with Gasteiger partial charge < -0.3 is 29.6 Å². The van der Waals surface area contributed by atoms with Gasteiger partial charge in [0.1, 0.15) is 6.10 Å². The molecule has 2 aliphatic heterocycles. The molecule has 0 spiro atoms. The number of guanidine groups is 1. The van der Waals surface area contributed by atoms with Crippen molar-refractivity contribution in [3.8, 4) is 17.2 Å². The van der Waals surface area contributed by atoms with Crippen LogP contribution in [0.5, 0.6) is 17.2 Å². The molecule has 0 aromatic heterocycles. The lowest BCUT2D eigenvalue weighted by Gasteiger charge is -2.38. The van der Waals surface area contributed by atoms with Crippen LogP contribution in [0.2, 0.25) is 0 Å². The van der Waals surface area contributed by atoms with E-state index in [0.717, 1.165) is 24.3 Å². The van der Waals surface area contributed by atoms with Gasteiger partial charge in [-0.1, -0.05) is 18.2 Å². The second-order valence-electron chi connectivity index (χ2n) is 8.13. The molecule has 2 aliphatic rings. The maximum Gasteiger partial charge on any atom is 0.231 e. The third kappa shape index (κ3) is 6.20. The van der Waals surface area contributed by atoms with Crippen LogP contribution in [0.25, 0.3) is 0 Å². The molecule has 1 atom stereocenters. The zero-order valence-electron chi connectivity index (χ0n) is 18.9. The van der Waals surface area contributed by atoms with Crippen LogP contribution >= 0.6 is 24.0 Å². The van der Waals surface area contributed by atoms with Gasteiger partial charge in [-0.25, -0.2) is 4.39 Å². The number of hydrogen-bond acceptors (Lipinski definition) is 5. The first-order valence-electron chi connectivity index (χ1n) is 10.9. The molecular formula is C24H31FIN3O4. The zero-order chi connectivity index (χ0) is 22.4. The molecule has 2 aromatic rings. The first kappa shape index (κ1) is 25.4. The zero-order valence-corrected chi connectivity index (χ0v) is 21.3. The van der Waals surface area contributed by atoms with E-state index in [2.05, 4.69) is 27.8 Å². The molecule has 9 heteroatoms. The summed E-state index contributed by atoms with van der Waals surface area (Å²) >= 11 is 0. The smallest absolute Gasteiger partial charge is 0.231 e. The van der Waals surface area contributed by atoms with Crippen LogP contribution in [-0.2, 0) is 10.2 Å². The van der Waals surface area contributed by atoms with Crippen LogP contribution in [0.1, 0.15) is 25.3 Å². The Bertz CT molecular complexity index is 953.